The molecule has 0 saturated carbocycles. The number of hydrogen-bond donors (Lipinski definition) is 1. The number of aromatic nitrogens is 2. The lowest BCUT2D eigenvalue weighted by molar-refractivity contribution is -0.155. The zero-order chi connectivity index (χ0) is 13.8. The summed E-state index contributed by atoms with van der Waals surface area (Å²) < 4.78 is 38.6. The molecule has 1 N–H and O–H groups in total. The molecule has 0 aromatic carbocycles. The molecule has 0 radical (unpaired) electrons. The first-order chi connectivity index (χ1) is 8.31. The molecule has 1 aromatic rings. The van der Waals surface area contributed by atoms with Crippen LogP contribution in [-0.2, 0) is 17.9 Å². The molecule has 1 heterocycles. The molecule has 0 aliphatic heterocycles. The second kappa shape index (κ2) is 5.85. The molecular weight excluding hydrogens is 251 g/mol. The van der Waals surface area contributed by atoms with Gasteiger partial charge in [-0.2, -0.15) is 13.2 Å². The maximum atomic E-state index is 12.3. The minimum Gasteiger partial charge on any atom is -0.480 e. The van der Waals surface area contributed by atoms with Gasteiger partial charge in [0.15, 0.2) is 0 Å². The zero-order valence-electron chi connectivity index (χ0n) is 9.81. The van der Waals surface area contributed by atoms with Crippen molar-refractivity contribution < 1.29 is 23.1 Å². The Kier molecular flexibility index (Phi) is 4.71. The van der Waals surface area contributed by atoms with Gasteiger partial charge in [-0.05, 0) is 6.92 Å². The van der Waals surface area contributed by atoms with Gasteiger partial charge in [0.1, 0.15) is 5.82 Å². The van der Waals surface area contributed by atoms with Crippen molar-refractivity contribution in [1.82, 2.24) is 14.5 Å². The quantitative estimate of drug-likeness (QED) is 0.843. The van der Waals surface area contributed by atoms with E-state index in [1.807, 2.05) is 6.92 Å². The molecule has 0 fully saturated rings. The van der Waals surface area contributed by atoms with Crippen LogP contribution in [0.15, 0.2) is 12.4 Å². The molecule has 0 spiro atoms. The summed E-state index contributed by atoms with van der Waals surface area (Å²) in [5.41, 5.74) is 0. The molecule has 18 heavy (non-hydrogen) atoms. The molecule has 0 aliphatic carbocycles. The maximum absolute atomic E-state index is 12.3. The van der Waals surface area contributed by atoms with Gasteiger partial charge in [0.2, 0.25) is 0 Å². The van der Waals surface area contributed by atoms with Gasteiger partial charge in [-0.3, -0.25) is 9.69 Å². The van der Waals surface area contributed by atoms with Crippen molar-refractivity contribution in [2.75, 3.05) is 13.1 Å². The van der Waals surface area contributed by atoms with Crippen LogP contribution in [0.1, 0.15) is 12.7 Å². The van der Waals surface area contributed by atoms with Crippen molar-refractivity contribution in [2.24, 2.45) is 0 Å². The predicted octanol–water partition coefficient (Wildman–Crippen LogP) is 1.35. The van der Waals surface area contributed by atoms with Crippen LogP contribution in [0.4, 0.5) is 13.2 Å². The number of alkyl halides is 3. The Labute approximate surface area is 102 Å². The fourth-order valence-electron chi connectivity index (χ4n) is 1.59. The summed E-state index contributed by atoms with van der Waals surface area (Å²) in [6, 6.07) is 0. The highest BCUT2D eigenvalue weighted by Gasteiger charge is 2.32. The van der Waals surface area contributed by atoms with E-state index in [-0.39, 0.29) is 6.54 Å². The smallest absolute Gasteiger partial charge is 0.401 e. The van der Waals surface area contributed by atoms with Crippen LogP contribution in [0.3, 0.4) is 0 Å². The average molecular weight is 265 g/mol. The summed E-state index contributed by atoms with van der Waals surface area (Å²) in [6.07, 6.45) is -1.31. The molecule has 5 nitrogen and oxygen atoms in total. The Bertz CT molecular complexity index is 403. The first-order valence-electron chi connectivity index (χ1n) is 5.32. The number of nitrogens with zero attached hydrogens (tertiary/aromatic N) is 3. The molecule has 1 aromatic heterocycles. The van der Waals surface area contributed by atoms with Gasteiger partial charge in [0.05, 0.1) is 19.6 Å². The number of hydrogen-bond acceptors (Lipinski definition) is 3. The molecule has 0 bridgehead atoms. The first-order valence-corrected chi connectivity index (χ1v) is 5.32. The fraction of sp³-hybridized carbons (Fsp3) is 0.600. The molecule has 0 aliphatic rings. The molecule has 1 rings (SSSR count). The van der Waals surface area contributed by atoms with Crippen LogP contribution in [0.2, 0.25) is 0 Å². The van der Waals surface area contributed by atoms with Gasteiger partial charge in [0, 0.05) is 18.9 Å². The van der Waals surface area contributed by atoms with E-state index in [4.69, 9.17) is 5.11 Å². The van der Waals surface area contributed by atoms with E-state index in [9.17, 15) is 18.0 Å². The fourth-order valence-corrected chi connectivity index (χ4v) is 1.59. The molecule has 8 heteroatoms. The monoisotopic (exact) mass is 265 g/mol. The van der Waals surface area contributed by atoms with Gasteiger partial charge in [0.25, 0.3) is 0 Å². The third kappa shape index (κ3) is 4.74. The highest BCUT2D eigenvalue weighted by atomic mass is 19.4. The van der Waals surface area contributed by atoms with E-state index in [0.717, 1.165) is 4.90 Å². The number of carbonyl (C=O) groups is 1. The Hall–Kier alpha value is -1.57. The standard InChI is InChI=1S/C10H14F3N3O2/c1-2-16-4-3-14-8(16)5-15(6-9(17)18)7-10(11,12)13/h3-4H,2,5-7H2,1H3,(H,17,18). The molecule has 0 amide bonds. The number of carboxylic acid groups (broad SMARTS) is 1. The number of carboxylic acids is 1. The van der Waals surface area contributed by atoms with Gasteiger partial charge in [-0.25, -0.2) is 4.98 Å². The van der Waals surface area contributed by atoms with Crippen LogP contribution in [-0.4, -0.2) is 44.8 Å². The van der Waals surface area contributed by atoms with E-state index < -0.39 is 25.2 Å². The number of rotatable bonds is 6. The lowest BCUT2D eigenvalue weighted by Crippen LogP contribution is -2.38. The van der Waals surface area contributed by atoms with Crippen molar-refractivity contribution in [2.45, 2.75) is 26.2 Å². The second-order valence-electron chi connectivity index (χ2n) is 3.78. The van der Waals surface area contributed by atoms with E-state index in [2.05, 4.69) is 4.98 Å². The largest absolute Gasteiger partial charge is 0.480 e. The van der Waals surface area contributed by atoms with Crippen molar-refractivity contribution in [3.8, 4) is 0 Å². The van der Waals surface area contributed by atoms with Crippen molar-refractivity contribution >= 4 is 5.97 Å². The van der Waals surface area contributed by atoms with Gasteiger partial charge in [-0.15, -0.1) is 0 Å². The summed E-state index contributed by atoms with van der Waals surface area (Å²) in [4.78, 5) is 15.3. The van der Waals surface area contributed by atoms with Crippen LogP contribution < -0.4 is 0 Å². The molecule has 102 valence electrons. The number of imidazole rings is 1. The van der Waals surface area contributed by atoms with Crippen molar-refractivity contribution in [3.63, 3.8) is 0 Å². The first kappa shape index (κ1) is 14.5. The summed E-state index contributed by atoms with van der Waals surface area (Å²) in [5.74, 6) is -0.878. The van der Waals surface area contributed by atoms with Crippen LogP contribution in [0, 0.1) is 0 Å². The van der Waals surface area contributed by atoms with Crippen LogP contribution >= 0.6 is 0 Å². The summed E-state index contributed by atoms with van der Waals surface area (Å²) in [5, 5.41) is 8.60. The zero-order valence-corrected chi connectivity index (χ0v) is 9.81. The van der Waals surface area contributed by atoms with Gasteiger partial charge >= 0.3 is 12.1 Å². The van der Waals surface area contributed by atoms with Crippen molar-refractivity contribution in [3.05, 3.63) is 18.2 Å². The van der Waals surface area contributed by atoms with Crippen LogP contribution in [0.5, 0.6) is 0 Å². The maximum Gasteiger partial charge on any atom is 0.401 e. The normalized spacial score (nSPS) is 12.1. The Morgan fingerprint density at radius 1 is 1.56 bits per heavy atom. The minimum absolute atomic E-state index is 0.146. The number of aliphatic carboxylic acids is 1. The molecular formula is C10H14F3N3O2. The third-order valence-electron chi connectivity index (χ3n) is 2.27. The van der Waals surface area contributed by atoms with Crippen LogP contribution in [0.25, 0.3) is 0 Å². The number of halogens is 3. The number of aryl methyl sites for hydroxylation is 1. The third-order valence-corrected chi connectivity index (χ3v) is 2.27. The van der Waals surface area contributed by atoms with E-state index in [1.54, 1.807) is 10.8 Å². The average Bonchev–Trinajstić information content (AvgIpc) is 2.61. The lowest BCUT2D eigenvalue weighted by Gasteiger charge is -2.21. The minimum atomic E-state index is -4.43. The topological polar surface area (TPSA) is 58.4 Å². The lowest BCUT2D eigenvalue weighted by atomic mass is 10.4. The Balaban J connectivity index is 2.75. The highest BCUT2D eigenvalue weighted by molar-refractivity contribution is 5.69. The second-order valence-corrected chi connectivity index (χ2v) is 3.78. The van der Waals surface area contributed by atoms with E-state index >= 15 is 0 Å². The molecule has 0 atom stereocenters. The Morgan fingerprint density at radius 3 is 2.72 bits per heavy atom. The molecule has 0 unspecified atom stereocenters. The van der Waals surface area contributed by atoms with Gasteiger partial charge in [-0.1, -0.05) is 0 Å². The van der Waals surface area contributed by atoms with E-state index in [1.165, 1.54) is 6.20 Å². The van der Waals surface area contributed by atoms with Crippen molar-refractivity contribution in [1.29, 1.82) is 0 Å². The Morgan fingerprint density at radius 2 is 2.22 bits per heavy atom. The SMILES string of the molecule is CCn1ccnc1CN(CC(=O)O)CC(F)(F)F. The molecule has 0 saturated heterocycles. The summed E-state index contributed by atoms with van der Waals surface area (Å²) in [6.45, 7) is 0.317. The van der Waals surface area contributed by atoms with Gasteiger partial charge < -0.3 is 9.67 Å². The highest BCUT2D eigenvalue weighted by Crippen LogP contribution is 2.17. The summed E-state index contributed by atoms with van der Waals surface area (Å²) in [7, 11) is 0. The summed E-state index contributed by atoms with van der Waals surface area (Å²) >= 11 is 0. The predicted molar refractivity (Wildman–Crippen MR) is 56.9 cm³/mol. The van der Waals surface area contributed by atoms with E-state index in [0.29, 0.717) is 12.4 Å².